The Kier molecular flexibility index (Phi) is 1.61. The first kappa shape index (κ1) is 8.00. The predicted octanol–water partition coefficient (Wildman–Crippen LogP) is 1.13. The molecule has 2 heterocycles. The van der Waals surface area contributed by atoms with Crippen LogP contribution in [0.4, 0.5) is 0 Å². The van der Waals surface area contributed by atoms with Crippen molar-refractivity contribution < 1.29 is 4.79 Å². The number of fused-ring (bicyclic) bond motifs is 3. The zero-order chi connectivity index (χ0) is 9.54. The number of carbonyl (C=O) groups excluding carboxylic acids is 1. The molecule has 0 aromatic heterocycles. The van der Waals surface area contributed by atoms with E-state index >= 15 is 0 Å². The van der Waals surface area contributed by atoms with Gasteiger partial charge in [-0.05, 0) is 19.0 Å². The Balaban J connectivity index is 2.11. The molecule has 0 aliphatic carbocycles. The molecule has 1 aromatic rings. The van der Waals surface area contributed by atoms with Gasteiger partial charge in [-0.1, -0.05) is 18.2 Å². The van der Waals surface area contributed by atoms with Crippen LogP contribution in [-0.4, -0.2) is 23.9 Å². The molecule has 0 saturated carbocycles. The lowest BCUT2D eigenvalue weighted by molar-refractivity contribution is 0.0645. The maximum atomic E-state index is 11.9. The Bertz CT molecular complexity index is 389. The zero-order valence-corrected chi connectivity index (χ0v) is 7.86. The smallest absolute Gasteiger partial charge is 0.255 e. The molecule has 2 aliphatic heterocycles. The van der Waals surface area contributed by atoms with Gasteiger partial charge in [-0.2, -0.15) is 0 Å². The lowest BCUT2D eigenvalue weighted by Gasteiger charge is -2.30. The molecular weight excluding hydrogens is 176 g/mol. The summed E-state index contributed by atoms with van der Waals surface area (Å²) in [6, 6.07) is 7.87. The van der Waals surface area contributed by atoms with Crippen molar-refractivity contribution >= 4 is 5.91 Å². The number of nitrogens with zero attached hydrogens (tertiary/aromatic N) is 1. The number of nitrogens with one attached hydrogen (secondary N) is 1. The van der Waals surface area contributed by atoms with E-state index < -0.39 is 0 Å². The Morgan fingerprint density at radius 1 is 1.36 bits per heavy atom. The van der Waals surface area contributed by atoms with Gasteiger partial charge in [-0.15, -0.1) is 0 Å². The zero-order valence-electron chi connectivity index (χ0n) is 7.86. The van der Waals surface area contributed by atoms with Gasteiger partial charge in [-0.3, -0.25) is 10.1 Å². The van der Waals surface area contributed by atoms with Crippen LogP contribution in [0.25, 0.3) is 0 Å². The second-order valence-electron chi connectivity index (χ2n) is 3.80. The fraction of sp³-hybridized carbons (Fsp3) is 0.364. The highest BCUT2D eigenvalue weighted by atomic mass is 16.2. The van der Waals surface area contributed by atoms with Gasteiger partial charge in [0.05, 0.1) is 0 Å². The van der Waals surface area contributed by atoms with Gasteiger partial charge in [0.15, 0.2) is 0 Å². The van der Waals surface area contributed by atoms with E-state index in [1.54, 1.807) is 0 Å². The molecule has 3 nitrogen and oxygen atoms in total. The molecule has 72 valence electrons. The molecule has 0 unspecified atom stereocenters. The molecule has 1 saturated heterocycles. The minimum Gasteiger partial charge on any atom is -0.319 e. The van der Waals surface area contributed by atoms with Crippen LogP contribution in [0.2, 0.25) is 0 Å². The molecule has 0 spiro atoms. The predicted molar refractivity (Wildman–Crippen MR) is 52.8 cm³/mol. The van der Waals surface area contributed by atoms with Crippen LogP contribution in [0.15, 0.2) is 24.3 Å². The minimum atomic E-state index is 0.132. The number of rotatable bonds is 0. The summed E-state index contributed by atoms with van der Waals surface area (Å²) in [4.78, 5) is 13.8. The van der Waals surface area contributed by atoms with E-state index in [0.29, 0.717) is 0 Å². The third-order valence-electron chi connectivity index (χ3n) is 2.97. The highest BCUT2D eigenvalue weighted by molar-refractivity contribution is 5.99. The summed E-state index contributed by atoms with van der Waals surface area (Å²) in [6.45, 7) is 1.88. The first-order chi connectivity index (χ1) is 6.88. The summed E-state index contributed by atoms with van der Waals surface area (Å²) in [6.07, 6.45) is 1.18. The Morgan fingerprint density at radius 2 is 2.21 bits per heavy atom. The molecule has 1 aromatic carbocycles. The number of amides is 1. The van der Waals surface area contributed by atoms with E-state index in [2.05, 4.69) is 5.32 Å². The number of benzene rings is 1. The Labute approximate surface area is 82.7 Å². The third-order valence-corrected chi connectivity index (χ3v) is 2.97. The summed E-state index contributed by atoms with van der Waals surface area (Å²) in [5.41, 5.74) is 2.00. The molecule has 1 N–H and O–H groups in total. The molecule has 1 fully saturated rings. The van der Waals surface area contributed by atoms with Crippen LogP contribution in [0.1, 0.15) is 28.5 Å². The number of carbonyl (C=O) groups is 1. The molecule has 1 amide bonds. The minimum absolute atomic E-state index is 0.132. The molecule has 0 radical (unpaired) electrons. The first-order valence-electron chi connectivity index (χ1n) is 5.01. The van der Waals surface area contributed by atoms with Gasteiger partial charge in [0, 0.05) is 17.7 Å². The van der Waals surface area contributed by atoms with E-state index in [-0.39, 0.29) is 12.1 Å². The number of hydrogen-bond acceptors (Lipinski definition) is 2. The van der Waals surface area contributed by atoms with Crippen molar-refractivity contribution in [2.24, 2.45) is 0 Å². The first-order valence-corrected chi connectivity index (χ1v) is 5.01. The fourth-order valence-electron chi connectivity index (χ4n) is 2.31. The third kappa shape index (κ3) is 0.930. The SMILES string of the molecule is O=C1c2ccccc2[C@@H]2NCCCN12. The summed E-state index contributed by atoms with van der Waals surface area (Å²) < 4.78 is 0. The van der Waals surface area contributed by atoms with Crippen molar-refractivity contribution in [2.45, 2.75) is 12.6 Å². The highest BCUT2D eigenvalue weighted by Crippen LogP contribution is 2.32. The van der Waals surface area contributed by atoms with Crippen molar-refractivity contribution in [1.29, 1.82) is 0 Å². The van der Waals surface area contributed by atoms with Gasteiger partial charge in [0.25, 0.3) is 5.91 Å². The number of hydrogen-bond donors (Lipinski definition) is 1. The molecule has 14 heavy (non-hydrogen) atoms. The van der Waals surface area contributed by atoms with Crippen LogP contribution in [0, 0.1) is 0 Å². The standard InChI is InChI=1S/C11H12N2O/c14-11-9-5-2-1-4-8(9)10-12-6-3-7-13(10)11/h1-2,4-5,10,12H,3,6-7H2/t10-/m1/s1. The van der Waals surface area contributed by atoms with E-state index in [1.807, 2.05) is 29.2 Å². The molecule has 3 heteroatoms. The summed E-state index contributed by atoms with van der Waals surface area (Å²) >= 11 is 0. The summed E-state index contributed by atoms with van der Waals surface area (Å²) in [5, 5.41) is 3.37. The van der Waals surface area contributed by atoms with Crippen LogP contribution in [0.5, 0.6) is 0 Å². The van der Waals surface area contributed by atoms with Crippen molar-refractivity contribution in [1.82, 2.24) is 10.2 Å². The van der Waals surface area contributed by atoms with Crippen LogP contribution >= 0.6 is 0 Å². The molecular formula is C11H12N2O. The highest BCUT2D eigenvalue weighted by Gasteiger charge is 2.37. The van der Waals surface area contributed by atoms with Crippen molar-refractivity contribution in [2.75, 3.05) is 13.1 Å². The van der Waals surface area contributed by atoms with Crippen molar-refractivity contribution in [3.05, 3.63) is 35.4 Å². The lowest BCUT2D eigenvalue weighted by Crippen LogP contribution is -2.43. The second-order valence-corrected chi connectivity index (χ2v) is 3.80. The van der Waals surface area contributed by atoms with Gasteiger partial charge in [0.2, 0.25) is 0 Å². The van der Waals surface area contributed by atoms with Gasteiger partial charge in [-0.25, -0.2) is 0 Å². The van der Waals surface area contributed by atoms with Crippen LogP contribution < -0.4 is 5.32 Å². The van der Waals surface area contributed by atoms with Gasteiger partial charge >= 0.3 is 0 Å². The van der Waals surface area contributed by atoms with E-state index in [9.17, 15) is 4.79 Å². The van der Waals surface area contributed by atoms with E-state index in [1.165, 1.54) is 0 Å². The summed E-state index contributed by atoms with van der Waals surface area (Å²) in [7, 11) is 0. The fourth-order valence-corrected chi connectivity index (χ4v) is 2.31. The quantitative estimate of drug-likeness (QED) is 0.662. The maximum absolute atomic E-state index is 11.9. The largest absolute Gasteiger partial charge is 0.319 e. The monoisotopic (exact) mass is 188 g/mol. The van der Waals surface area contributed by atoms with Crippen molar-refractivity contribution in [3.8, 4) is 0 Å². The maximum Gasteiger partial charge on any atom is 0.255 e. The molecule has 1 atom stereocenters. The van der Waals surface area contributed by atoms with Crippen molar-refractivity contribution in [3.63, 3.8) is 0 Å². The average Bonchev–Trinajstić information content (AvgIpc) is 2.55. The van der Waals surface area contributed by atoms with Crippen LogP contribution in [0.3, 0.4) is 0 Å². The van der Waals surface area contributed by atoms with E-state index in [0.717, 1.165) is 30.6 Å². The summed E-state index contributed by atoms with van der Waals surface area (Å²) in [5.74, 6) is 0.179. The molecule has 3 rings (SSSR count). The molecule has 2 aliphatic rings. The Morgan fingerprint density at radius 3 is 3.14 bits per heavy atom. The van der Waals surface area contributed by atoms with Gasteiger partial charge < -0.3 is 4.90 Å². The molecule has 0 bridgehead atoms. The topological polar surface area (TPSA) is 32.3 Å². The van der Waals surface area contributed by atoms with Crippen LogP contribution in [-0.2, 0) is 0 Å². The average molecular weight is 188 g/mol. The lowest BCUT2D eigenvalue weighted by atomic mass is 10.1. The second kappa shape index (κ2) is 2.82. The normalized spacial score (nSPS) is 24.7. The van der Waals surface area contributed by atoms with Gasteiger partial charge in [0.1, 0.15) is 6.17 Å². The Hall–Kier alpha value is -1.35. The van der Waals surface area contributed by atoms with E-state index in [4.69, 9.17) is 0 Å².